The minimum absolute atomic E-state index is 0.377. The van der Waals surface area contributed by atoms with Gasteiger partial charge in [-0.2, -0.15) is 0 Å². The van der Waals surface area contributed by atoms with E-state index in [0.717, 1.165) is 5.56 Å². The summed E-state index contributed by atoms with van der Waals surface area (Å²) in [5.41, 5.74) is 1.30. The first-order valence-electron chi connectivity index (χ1n) is 7.53. The maximum atomic E-state index is 11.5. The molecule has 2 heterocycles. The highest BCUT2D eigenvalue weighted by Crippen LogP contribution is 2.49. The highest BCUT2D eigenvalue weighted by molar-refractivity contribution is 5.92. The Kier molecular flexibility index (Phi) is 4.02. The number of fused-ring (bicyclic) bond motifs is 1. The van der Waals surface area contributed by atoms with Crippen LogP contribution in [0.15, 0.2) is 6.07 Å². The number of cyclic esters (lactones) is 2. The van der Waals surface area contributed by atoms with Crippen molar-refractivity contribution in [3.63, 3.8) is 0 Å². The van der Waals surface area contributed by atoms with E-state index in [2.05, 4.69) is 0 Å². The van der Waals surface area contributed by atoms with Crippen LogP contribution in [0.5, 0.6) is 17.2 Å². The van der Waals surface area contributed by atoms with Gasteiger partial charge < -0.3 is 23.7 Å². The summed E-state index contributed by atoms with van der Waals surface area (Å²) in [6.45, 7) is 3.88. The number of ether oxygens (including phenoxy) is 5. The van der Waals surface area contributed by atoms with E-state index >= 15 is 0 Å². The first kappa shape index (κ1) is 15.5. The van der Waals surface area contributed by atoms with Crippen LogP contribution >= 0.6 is 0 Å². The van der Waals surface area contributed by atoms with Gasteiger partial charge in [-0.15, -0.1) is 0 Å². The van der Waals surface area contributed by atoms with Gasteiger partial charge in [0, 0.05) is 17.5 Å². The van der Waals surface area contributed by atoms with E-state index in [-0.39, 0.29) is 6.42 Å². The van der Waals surface area contributed by atoms with E-state index in [1.54, 1.807) is 6.07 Å². The third-order valence-corrected chi connectivity index (χ3v) is 3.76. The van der Waals surface area contributed by atoms with Gasteiger partial charge in [-0.3, -0.25) is 9.59 Å². The zero-order valence-corrected chi connectivity index (χ0v) is 13.2. The van der Waals surface area contributed by atoms with Gasteiger partial charge in [-0.05, 0) is 12.5 Å². The van der Waals surface area contributed by atoms with Gasteiger partial charge in [-0.25, -0.2) is 0 Å². The number of hydrogen-bond acceptors (Lipinski definition) is 7. The van der Waals surface area contributed by atoms with Crippen molar-refractivity contribution in [1.82, 2.24) is 0 Å². The minimum atomic E-state index is -1.10. The second-order valence-corrected chi connectivity index (χ2v) is 5.22. The molecule has 0 spiro atoms. The Bertz CT molecular complexity index is 636. The van der Waals surface area contributed by atoms with Crippen molar-refractivity contribution >= 4 is 11.9 Å². The summed E-state index contributed by atoms with van der Waals surface area (Å²) in [6, 6.07) is 1.66. The molecule has 0 N–H and O–H groups in total. The molecule has 1 aromatic carbocycles. The zero-order valence-electron chi connectivity index (χ0n) is 13.2. The molecule has 3 rings (SSSR count). The second-order valence-electron chi connectivity index (χ2n) is 5.22. The summed E-state index contributed by atoms with van der Waals surface area (Å²) in [7, 11) is 1.51. The first-order chi connectivity index (χ1) is 11.1. The molecule has 23 heavy (non-hydrogen) atoms. The molecule has 1 unspecified atom stereocenters. The van der Waals surface area contributed by atoms with Gasteiger partial charge in [0.2, 0.25) is 12.0 Å². The van der Waals surface area contributed by atoms with Crippen molar-refractivity contribution in [3.8, 4) is 17.2 Å². The van der Waals surface area contributed by atoms with Gasteiger partial charge >= 0.3 is 11.9 Å². The van der Waals surface area contributed by atoms with Crippen LogP contribution in [0.1, 0.15) is 44.1 Å². The van der Waals surface area contributed by atoms with Crippen molar-refractivity contribution in [2.24, 2.45) is 0 Å². The van der Waals surface area contributed by atoms with E-state index in [1.165, 1.54) is 7.11 Å². The summed E-state index contributed by atoms with van der Waals surface area (Å²) in [6.07, 6.45) is -0.605. The Labute approximate surface area is 133 Å². The molecule has 1 saturated heterocycles. The predicted octanol–water partition coefficient (Wildman–Crippen LogP) is 2.25. The quantitative estimate of drug-likeness (QED) is 0.621. The Morgan fingerprint density at radius 2 is 1.74 bits per heavy atom. The van der Waals surface area contributed by atoms with Crippen LogP contribution in [-0.2, 0) is 25.5 Å². The molecule has 2 aliphatic heterocycles. The molecule has 7 nitrogen and oxygen atoms in total. The average molecular weight is 322 g/mol. The Morgan fingerprint density at radius 1 is 1.09 bits per heavy atom. The van der Waals surface area contributed by atoms with E-state index in [9.17, 15) is 9.59 Å². The first-order valence-corrected chi connectivity index (χ1v) is 7.53. The summed E-state index contributed by atoms with van der Waals surface area (Å²) >= 11 is 0. The minimum Gasteiger partial charge on any atom is -0.493 e. The van der Waals surface area contributed by atoms with Crippen LogP contribution in [0.4, 0.5) is 0 Å². The van der Waals surface area contributed by atoms with Crippen LogP contribution in [0.2, 0.25) is 0 Å². The molecule has 0 radical (unpaired) electrons. The molecule has 0 aromatic heterocycles. The van der Waals surface area contributed by atoms with Gasteiger partial charge in [0.1, 0.15) is 6.42 Å². The second kappa shape index (κ2) is 5.98. The number of hydrogen-bond donors (Lipinski definition) is 0. The number of carbonyl (C=O) groups excluding carboxylic acids is 2. The van der Waals surface area contributed by atoms with E-state index < -0.39 is 24.5 Å². The number of carbonyl (C=O) groups is 2. The summed E-state index contributed by atoms with van der Waals surface area (Å²) < 4.78 is 27.2. The average Bonchev–Trinajstić information content (AvgIpc) is 2.96. The van der Waals surface area contributed by atoms with E-state index in [4.69, 9.17) is 23.7 Å². The molecular formula is C16H18O7. The fraction of sp³-hybridized carbons (Fsp3) is 0.500. The van der Waals surface area contributed by atoms with Crippen LogP contribution in [0.25, 0.3) is 0 Å². The third kappa shape index (κ3) is 2.67. The van der Waals surface area contributed by atoms with Crippen molar-refractivity contribution in [2.75, 3.05) is 7.11 Å². The fourth-order valence-electron chi connectivity index (χ4n) is 2.68. The SMILES string of the molecule is CCc1c(C2OC(=O)CC(=O)O2)cc(OC)c2c1OC(CC)O2. The normalized spacial score (nSPS) is 20.2. The lowest BCUT2D eigenvalue weighted by Crippen LogP contribution is -2.27. The van der Waals surface area contributed by atoms with Gasteiger partial charge in [0.05, 0.1) is 7.11 Å². The van der Waals surface area contributed by atoms with Gasteiger partial charge in [0.25, 0.3) is 6.29 Å². The number of benzene rings is 1. The topological polar surface area (TPSA) is 80.3 Å². The molecule has 0 bridgehead atoms. The Morgan fingerprint density at radius 3 is 2.30 bits per heavy atom. The third-order valence-electron chi connectivity index (χ3n) is 3.76. The van der Waals surface area contributed by atoms with E-state index in [1.807, 2.05) is 13.8 Å². The fourth-order valence-corrected chi connectivity index (χ4v) is 2.68. The highest BCUT2D eigenvalue weighted by atomic mass is 16.7. The number of methoxy groups -OCH3 is 1. The van der Waals surface area contributed by atoms with Crippen molar-refractivity contribution in [2.45, 2.75) is 45.7 Å². The lowest BCUT2D eigenvalue weighted by Gasteiger charge is -2.25. The van der Waals surface area contributed by atoms with Crippen LogP contribution in [0.3, 0.4) is 0 Å². The predicted molar refractivity (Wildman–Crippen MR) is 77.2 cm³/mol. The van der Waals surface area contributed by atoms with Crippen molar-refractivity contribution in [3.05, 3.63) is 17.2 Å². The standard InChI is InChI=1S/C16H18O7/c1-4-8-9(16-20-11(17)7-12(18)21-16)6-10(19-3)15-14(8)22-13(5-2)23-15/h6,13,16H,4-5,7H2,1-3H3. The van der Waals surface area contributed by atoms with Crippen LogP contribution in [0, 0.1) is 0 Å². The summed E-state index contributed by atoms with van der Waals surface area (Å²) in [5, 5.41) is 0. The lowest BCUT2D eigenvalue weighted by atomic mass is 10.0. The van der Waals surface area contributed by atoms with Gasteiger partial charge in [0.15, 0.2) is 11.5 Å². The lowest BCUT2D eigenvalue weighted by molar-refractivity contribution is -0.205. The van der Waals surface area contributed by atoms with Crippen molar-refractivity contribution < 1.29 is 33.3 Å². The molecule has 0 saturated carbocycles. The van der Waals surface area contributed by atoms with E-state index in [0.29, 0.717) is 35.7 Å². The molecule has 1 aromatic rings. The smallest absolute Gasteiger partial charge is 0.320 e. The summed E-state index contributed by atoms with van der Waals surface area (Å²) in [4.78, 5) is 23.1. The van der Waals surface area contributed by atoms with Crippen LogP contribution in [-0.4, -0.2) is 25.3 Å². The molecule has 7 heteroatoms. The molecule has 0 amide bonds. The maximum absolute atomic E-state index is 11.5. The zero-order chi connectivity index (χ0) is 16.6. The van der Waals surface area contributed by atoms with Crippen molar-refractivity contribution in [1.29, 1.82) is 0 Å². The molecule has 124 valence electrons. The Hall–Kier alpha value is -2.44. The number of esters is 2. The molecule has 0 aliphatic carbocycles. The largest absolute Gasteiger partial charge is 0.493 e. The highest BCUT2D eigenvalue weighted by Gasteiger charge is 2.36. The monoisotopic (exact) mass is 322 g/mol. The molecule has 1 fully saturated rings. The Balaban J connectivity index is 2.07. The maximum Gasteiger partial charge on any atom is 0.320 e. The van der Waals surface area contributed by atoms with Crippen LogP contribution < -0.4 is 14.2 Å². The van der Waals surface area contributed by atoms with Gasteiger partial charge in [-0.1, -0.05) is 13.8 Å². The molecular weight excluding hydrogens is 304 g/mol. The summed E-state index contributed by atoms with van der Waals surface area (Å²) in [5.74, 6) is 0.286. The number of rotatable bonds is 4. The molecule has 2 aliphatic rings. The molecule has 1 atom stereocenters.